The summed E-state index contributed by atoms with van der Waals surface area (Å²) < 4.78 is 13.0. The summed E-state index contributed by atoms with van der Waals surface area (Å²) >= 11 is 0. The van der Waals surface area contributed by atoms with Gasteiger partial charge in [0.25, 0.3) is 5.56 Å². The largest absolute Gasteiger partial charge is 0.497 e. The van der Waals surface area contributed by atoms with E-state index in [-0.39, 0.29) is 17.7 Å². The summed E-state index contributed by atoms with van der Waals surface area (Å²) in [7, 11) is 1.62. The number of methoxy groups -OCH3 is 1. The maximum atomic E-state index is 13.3. The second kappa shape index (κ2) is 8.99. The standard InChI is InChI=1S/C23H30N6O3/c1-15-7-9-28(10-8-15)21(22-25-26-27-29(22)14-18-4-3-11-32-18)19-12-16-5-6-17(31-2)13-20(16)24-23(19)30/h5-6,12-13,15,18,21H,3-4,7-11,14H2,1-2H3,(H,24,30)/t18-,21+/m1/s1. The zero-order valence-corrected chi connectivity index (χ0v) is 18.7. The minimum atomic E-state index is -0.311. The van der Waals surface area contributed by atoms with Gasteiger partial charge in [0.05, 0.1) is 25.3 Å². The summed E-state index contributed by atoms with van der Waals surface area (Å²) in [5, 5.41) is 13.6. The van der Waals surface area contributed by atoms with E-state index in [0.29, 0.717) is 29.6 Å². The molecule has 4 heterocycles. The predicted octanol–water partition coefficient (Wildman–Crippen LogP) is 2.52. The molecule has 1 N–H and O–H groups in total. The highest BCUT2D eigenvalue weighted by atomic mass is 16.5. The molecule has 0 unspecified atom stereocenters. The van der Waals surface area contributed by atoms with Gasteiger partial charge in [-0.3, -0.25) is 9.69 Å². The van der Waals surface area contributed by atoms with Crippen molar-refractivity contribution in [2.45, 2.75) is 51.3 Å². The Kier molecular flexibility index (Phi) is 5.93. The molecule has 2 aliphatic heterocycles. The van der Waals surface area contributed by atoms with Crippen molar-refractivity contribution in [2.75, 3.05) is 26.8 Å². The van der Waals surface area contributed by atoms with Crippen molar-refractivity contribution in [3.8, 4) is 5.75 Å². The summed E-state index contributed by atoms with van der Waals surface area (Å²) in [5.74, 6) is 2.09. The van der Waals surface area contributed by atoms with Gasteiger partial charge in [0, 0.05) is 18.2 Å². The molecule has 170 valence electrons. The molecule has 32 heavy (non-hydrogen) atoms. The van der Waals surface area contributed by atoms with Gasteiger partial charge in [0.15, 0.2) is 5.82 Å². The van der Waals surface area contributed by atoms with Crippen molar-refractivity contribution in [3.05, 3.63) is 46.0 Å². The average Bonchev–Trinajstić information content (AvgIpc) is 3.48. The van der Waals surface area contributed by atoms with E-state index < -0.39 is 0 Å². The number of benzene rings is 1. The lowest BCUT2D eigenvalue weighted by Gasteiger charge is -2.36. The van der Waals surface area contributed by atoms with Crippen LogP contribution in [-0.4, -0.2) is 63.0 Å². The number of aromatic amines is 1. The number of fused-ring (bicyclic) bond motifs is 1. The van der Waals surface area contributed by atoms with Crippen LogP contribution in [0.25, 0.3) is 10.9 Å². The van der Waals surface area contributed by atoms with Gasteiger partial charge in [-0.05, 0) is 78.7 Å². The first-order chi connectivity index (χ1) is 15.6. The molecule has 2 saturated heterocycles. The minimum Gasteiger partial charge on any atom is -0.497 e. The third-order valence-electron chi connectivity index (χ3n) is 6.76. The van der Waals surface area contributed by atoms with Gasteiger partial charge in [0.2, 0.25) is 0 Å². The number of likely N-dealkylation sites (tertiary alicyclic amines) is 1. The van der Waals surface area contributed by atoms with Gasteiger partial charge in [-0.2, -0.15) is 0 Å². The number of piperidine rings is 1. The van der Waals surface area contributed by atoms with Crippen LogP contribution in [0.15, 0.2) is 29.1 Å². The van der Waals surface area contributed by atoms with Crippen LogP contribution < -0.4 is 10.3 Å². The first-order valence-corrected chi connectivity index (χ1v) is 11.4. The van der Waals surface area contributed by atoms with Crippen molar-refractivity contribution < 1.29 is 9.47 Å². The lowest BCUT2D eigenvalue weighted by Crippen LogP contribution is -2.40. The number of H-pyrrole nitrogens is 1. The zero-order chi connectivity index (χ0) is 22.1. The normalized spacial score (nSPS) is 21.2. The molecule has 2 fully saturated rings. The summed E-state index contributed by atoms with van der Waals surface area (Å²) in [6.07, 6.45) is 4.35. The number of pyridine rings is 1. The third-order valence-corrected chi connectivity index (χ3v) is 6.76. The van der Waals surface area contributed by atoms with E-state index >= 15 is 0 Å². The summed E-state index contributed by atoms with van der Waals surface area (Å²) in [6, 6.07) is 7.39. The van der Waals surface area contributed by atoms with Gasteiger partial charge in [0.1, 0.15) is 11.8 Å². The van der Waals surface area contributed by atoms with E-state index in [4.69, 9.17) is 9.47 Å². The van der Waals surface area contributed by atoms with Crippen LogP contribution in [0.4, 0.5) is 0 Å². The van der Waals surface area contributed by atoms with Gasteiger partial charge in [-0.15, -0.1) is 5.10 Å². The van der Waals surface area contributed by atoms with E-state index in [9.17, 15) is 4.79 Å². The highest BCUT2D eigenvalue weighted by Gasteiger charge is 2.33. The molecular weight excluding hydrogens is 408 g/mol. The van der Waals surface area contributed by atoms with Crippen LogP contribution in [0.5, 0.6) is 5.75 Å². The Morgan fingerprint density at radius 2 is 2.09 bits per heavy atom. The SMILES string of the molecule is COc1ccc2cc([C@@H](c3nnnn3C[C@H]3CCCO3)N3CCC(C)CC3)c(=O)[nH]c2c1. The van der Waals surface area contributed by atoms with Crippen LogP contribution in [-0.2, 0) is 11.3 Å². The second-order valence-electron chi connectivity index (χ2n) is 8.98. The number of nitrogens with zero attached hydrogens (tertiary/aromatic N) is 5. The first-order valence-electron chi connectivity index (χ1n) is 11.4. The molecule has 2 aliphatic rings. The van der Waals surface area contributed by atoms with Crippen molar-refractivity contribution in [1.29, 1.82) is 0 Å². The maximum absolute atomic E-state index is 13.3. The van der Waals surface area contributed by atoms with Crippen LogP contribution in [0, 0.1) is 5.92 Å². The zero-order valence-electron chi connectivity index (χ0n) is 18.7. The Morgan fingerprint density at radius 1 is 1.25 bits per heavy atom. The van der Waals surface area contributed by atoms with Crippen molar-refractivity contribution in [2.24, 2.45) is 5.92 Å². The number of aromatic nitrogens is 5. The quantitative estimate of drug-likeness (QED) is 0.631. The van der Waals surface area contributed by atoms with E-state index in [1.165, 1.54) is 0 Å². The van der Waals surface area contributed by atoms with Crippen molar-refractivity contribution in [3.63, 3.8) is 0 Å². The monoisotopic (exact) mass is 438 g/mol. The molecule has 0 aliphatic carbocycles. The molecule has 2 aromatic heterocycles. The Hall–Kier alpha value is -2.78. The van der Waals surface area contributed by atoms with E-state index in [2.05, 4.69) is 32.3 Å². The predicted molar refractivity (Wildman–Crippen MR) is 120 cm³/mol. The van der Waals surface area contributed by atoms with E-state index in [0.717, 1.165) is 56.3 Å². The van der Waals surface area contributed by atoms with E-state index in [1.807, 2.05) is 28.9 Å². The molecular formula is C23H30N6O3. The molecule has 1 aromatic carbocycles. The molecule has 2 atom stereocenters. The number of rotatable bonds is 6. The molecule has 0 bridgehead atoms. The van der Waals surface area contributed by atoms with Crippen molar-refractivity contribution in [1.82, 2.24) is 30.1 Å². The first kappa shape index (κ1) is 21.1. The van der Waals surface area contributed by atoms with Gasteiger partial charge >= 0.3 is 0 Å². The molecule has 5 rings (SSSR count). The molecule has 3 aromatic rings. The van der Waals surface area contributed by atoms with Crippen LogP contribution >= 0.6 is 0 Å². The van der Waals surface area contributed by atoms with Gasteiger partial charge in [-0.1, -0.05) is 6.92 Å². The molecule has 9 heteroatoms. The number of ether oxygens (including phenoxy) is 2. The lowest BCUT2D eigenvalue weighted by molar-refractivity contribution is 0.0894. The number of hydrogen-bond acceptors (Lipinski definition) is 7. The molecule has 0 spiro atoms. The van der Waals surface area contributed by atoms with Gasteiger partial charge < -0.3 is 14.5 Å². The maximum Gasteiger partial charge on any atom is 0.253 e. The summed E-state index contributed by atoms with van der Waals surface area (Å²) in [5.41, 5.74) is 1.30. The minimum absolute atomic E-state index is 0.113. The number of tetrazole rings is 1. The fraction of sp³-hybridized carbons (Fsp3) is 0.565. The Balaban J connectivity index is 1.57. The van der Waals surface area contributed by atoms with Crippen molar-refractivity contribution >= 4 is 10.9 Å². The van der Waals surface area contributed by atoms with Gasteiger partial charge in [-0.25, -0.2) is 4.68 Å². The number of nitrogens with one attached hydrogen (secondary N) is 1. The highest BCUT2D eigenvalue weighted by molar-refractivity contribution is 5.80. The van der Waals surface area contributed by atoms with Crippen LogP contribution in [0.3, 0.4) is 0 Å². The van der Waals surface area contributed by atoms with Crippen LogP contribution in [0.2, 0.25) is 0 Å². The molecule has 9 nitrogen and oxygen atoms in total. The molecule has 0 radical (unpaired) electrons. The fourth-order valence-electron chi connectivity index (χ4n) is 4.83. The molecule has 0 amide bonds. The average molecular weight is 439 g/mol. The number of hydrogen-bond donors (Lipinski definition) is 1. The summed E-state index contributed by atoms with van der Waals surface area (Å²) in [4.78, 5) is 18.7. The fourth-order valence-corrected chi connectivity index (χ4v) is 4.83. The third kappa shape index (κ3) is 4.14. The van der Waals surface area contributed by atoms with E-state index in [1.54, 1.807) is 7.11 Å². The Labute approximate surface area is 186 Å². The van der Waals surface area contributed by atoms with Crippen LogP contribution in [0.1, 0.15) is 50.0 Å². The Morgan fingerprint density at radius 3 is 2.84 bits per heavy atom. The Bertz CT molecular complexity index is 1130. The lowest BCUT2D eigenvalue weighted by atomic mass is 9.95. The molecule has 0 saturated carbocycles. The second-order valence-corrected chi connectivity index (χ2v) is 8.98. The highest BCUT2D eigenvalue weighted by Crippen LogP contribution is 2.31. The smallest absolute Gasteiger partial charge is 0.253 e. The summed E-state index contributed by atoms with van der Waals surface area (Å²) in [6.45, 7) is 5.47. The topological polar surface area (TPSA) is 98.2 Å².